The quantitative estimate of drug-likeness (QED) is 0.453. The van der Waals surface area contributed by atoms with E-state index in [-0.39, 0.29) is 0 Å². The zero-order valence-corrected chi connectivity index (χ0v) is 6.03. The van der Waals surface area contributed by atoms with Gasteiger partial charge in [-0.3, -0.25) is 4.90 Å². The van der Waals surface area contributed by atoms with Gasteiger partial charge in [0, 0.05) is 13.1 Å². The minimum atomic E-state index is -0.810. The zero-order chi connectivity index (χ0) is 5.98. The van der Waals surface area contributed by atoms with Gasteiger partial charge < -0.3 is 0 Å². The van der Waals surface area contributed by atoms with E-state index in [2.05, 4.69) is 11.9 Å². The van der Waals surface area contributed by atoms with Gasteiger partial charge in [-0.1, -0.05) is 4.57 Å². The van der Waals surface area contributed by atoms with Crippen LogP contribution in [0.4, 0.5) is 0 Å². The lowest BCUT2D eigenvalue weighted by Crippen LogP contribution is -2.28. The minimum Gasteiger partial charge on any atom is -0.298 e. The summed E-state index contributed by atoms with van der Waals surface area (Å²) in [4.78, 5) is 2.22. The Morgan fingerprint density at radius 3 is 2.25 bits per heavy atom. The normalized spacial score (nSPS) is 23.9. The molecule has 1 aliphatic rings. The smallest absolute Gasteiger partial charge is 0.298 e. The van der Waals surface area contributed by atoms with Crippen molar-refractivity contribution in [2.75, 3.05) is 32.5 Å². The van der Waals surface area contributed by atoms with Crippen LogP contribution in [0.1, 0.15) is 0 Å². The summed E-state index contributed by atoms with van der Waals surface area (Å²) in [6.07, 6.45) is 1.82. The van der Waals surface area contributed by atoms with Crippen LogP contribution >= 0.6 is 7.80 Å². The van der Waals surface area contributed by atoms with Gasteiger partial charge in [-0.05, 0) is 7.05 Å². The van der Waals surface area contributed by atoms with Crippen molar-refractivity contribution >= 4 is 7.80 Å². The van der Waals surface area contributed by atoms with Crippen molar-refractivity contribution in [3.8, 4) is 0 Å². The number of nitrogens with zero attached hydrogens (tertiary/aromatic N) is 1. The van der Waals surface area contributed by atoms with Crippen LogP contribution in [0.3, 0.4) is 0 Å². The van der Waals surface area contributed by atoms with Gasteiger partial charge in [-0.25, -0.2) is 0 Å². The van der Waals surface area contributed by atoms with Gasteiger partial charge in [-0.15, -0.1) is 0 Å². The van der Waals surface area contributed by atoms with E-state index in [1.165, 1.54) is 0 Å². The predicted molar refractivity (Wildman–Crippen MR) is 34.8 cm³/mol. The summed E-state index contributed by atoms with van der Waals surface area (Å²) in [5.74, 6) is 0. The maximum Gasteiger partial charge on any atom is 0.341 e. The SMILES string of the molecule is CN1CC[P+](=O)CC1. The van der Waals surface area contributed by atoms with Gasteiger partial charge in [0.2, 0.25) is 0 Å². The molecule has 0 atom stereocenters. The summed E-state index contributed by atoms with van der Waals surface area (Å²) >= 11 is 0. The van der Waals surface area contributed by atoms with Gasteiger partial charge in [0.05, 0.1) is 0 Å². The fourth-order valence-electron chi connectivity index (χ4n) is 0.788. The van der Waals surface area contributed by atoms with E-state index in [9.17, 15) is 4.57 Å². The van der Waals surface area contributed by atoms with Crippen molar-refractivity contribution in [2.45, 2.75) is 0 Å². The van der Waals surface area contributed by atoms with Crippen LogP contribution in [0.15, 0.2) is 0 Å². The monoisotopic (exact) mass is 132 g/mol. The van der Waals surface area contributed by atoms with Crippen LogP contribution in [0.5, 0.6) is 0 Å². The van der Waals surface area contributed by atoms with Crippen LogP contribution in [0.25, 0.3) is 0 Å². The van der Waals surface area contributed by atoms with Gasteiger partial charge in [-0.2, -0.15) is 0 Å². The summed E-state index contributed by atoms with van der Waals surface area (Å²) in [6, 6.07) is 0. The van der Waals surface area contributed by atoms with E-state index in [0.717, 1.165) is 25.4 Å². The van der Waals surface area contributed by atoms with E-state index in [1.807, 2.05) is 0 Å². The van der Waals surface area contributed by atoms with E-state index < -0.39 is 7.80 Å². The Hall–Kier alpha value is 0.0600. The van der Waals surface area contributed by atoms with Crippen LogP contribution in [0, 0.1) is 0 Å². The molecular weight excluding hydrogens is 121 g/mol. The molecule has 0 radical (unpaired) electrons. The maximum atomic E-state index is 10.7. The first-order valence-corrected chi connectivity index (χ1v) is 4.52. The molecule has 8 heavy (non-hydrogen) atoms. The van der Waals surface area contributed by atoms with Gasteiger partial charge in [0.25, 0.3) is 0 Å². The van der Waals surface area contributed by atoms with Crippen molar-refractivity contribution in [2.24, 2.45) is 0 Å². The van der Waals surface area contributed by atoms with Crippen molar-refractivity contribution in [3.63, 3.8) is 0 Å². The highest BCUT2D eigenvalue weighted by atomic mass is 31.1. The second-order valence-corrected chi connectivity index (χ2v) is 4.09. The highest BCUT2D eigenvalue weighted by Crippen LogP contribution is 2.22. The molecule has 0 saturated carbocycles. The lowest BCUT2D eigenvalue weighted by Gasteiger charge is -2.13. The molecule has 1 heterocycles. The summed E-state index contributed by atoms with van der Waals surface area (Å²) in [7, 11) is 1.26. The summed E-state index contributed by atoms with van der Waals surface area (Å²) in [5.41, 5.74) is 0. The van der Waals surface area contributed by atoms with Crippen molar-refractivity contribution in [1.82, 2.24) is 4.90 Å². The second kappa shape index (κ2) is 2.56. The lowest BCUT2D eigenvalue weighted by molar-refractivity contribution is 0.363. The maximum absolute atomic E-state index is 10.7. The molecule has 1 fully saturated rings. The molecule has 3 heteroatoms. The Balaban J connectivity index is 2.29. The van der Waals surface area contributed by atoms with Gasteiger partial charge in [0.1, 0.15) is 0 Å². The molecule has 0 unspecified atom stereocenters. The molecule has 0 aromatic heterocycles. The molecule has 0 aromatic carbocycles. The lowest BCUT2D eigenvalue weighted by atomic mass is 10.6. The Bertz CT molecular complexity index is 94.6. The number of rotatable bonds is 0. The summed E-state index contributed by atoms with van der Waals surface area (Å²) in [6.45, 7) is 2.05. The second-order valence-electron chi connectivity index (χ2n) is 2.23. The Morgan fingerprint density at radius 2 is 1.88 bits per heavy atom. The van der Waals surface area contributed by atoms with E-state index in [1.54, 1.807) is 0 Å². The predicted octanol–water partition coefficient (Wildman–Crippen LogP) is 0.759. The summed E-state index contributed by atoms with van der Waals surface area (Å²) in [5, 5.41) is 0. The van der Waals surface area contributed by atoms with Gasteiger partial charge in [0.15, 0.2) is 12.3 Å². The Labute approximate surface area is 50.7 Å². The van der Waals surface area contributed by atoms with Crippen LogP contribution < -0.4 is 0 Å². The topological polar surface area (TPSA) is 20.3 Å². The molecule has 0 bridgehead atoms. The standard InChI is InChI=1S/C5H11NOP/c1-6-2-4-8(7)5-3-6/h2-5H2,1H3/q+1. The van der Waals surface area contributed by atoms with Crippen LogP contribution in [-0.4, -0.2) is 37.4 Å². The third-order valence-corrected chi connectivity index (χ3v) is 2.86. The van der Waals surface area contributed by atoms with E-state index in [0.29, 0.717) is 0 Å². The average molecular weight is 132 g/mol. The van der Waals surface area contributed by atoms with E-state index >= 15 is 0 Å². The Kier molecular flexibility index (Phi) is 1.98. The fourth-order valence-corrected chi connectivity index (χ4v) is 2.14. The van der Waals surface area contributed by atoms with Gasteiger partial charge >= 0.3 is 7.80 Å². The Morgan fingerprint density at radius 1 is 1.38 bits per heavy atom. The third-order valence-electron chi connectivity index (χ3n) is 1.46. The average Bonchev–Trinajstić information content (AvgIpc) is 1.77. The third kappa shape index (κ3) is 1.53. The summed E-state index contributed by atoms with van der Waals surface area (Å²) < 4.78 is 10.7. The highest BCUT2D eigenvalue weighted by Gasteiger charge is 2.21. The van der Waals surface area contributed by atoms with Crippen molar-refractivity contribution in [3.05, 3.63) is 0 Å². The zero-order valence-electron chi connectivity index (χ0n) is 5.13. The number of hydrogen-bond donors (Lipinski definition) is 0. The van der Waals surface area contributed by atoms with Crippen LogP contribution in [0.2, 0.25) is 0 Å². The molecule has 0 aliphatic carbocycles. The fraction of sp³-hybridized carbons (Fsp3) is 1.00. The molecule has 1 aliphatic heterocycles. The molecule has 0 spiro atoms. The first-order chi connectivity index (χ1) is 3.79. The molecule has 0 aromatic rings. The van der Waals surface area contributed by atoms with E-state index in [4.69, 9.17) is 0 Å². The largest absolute Gasteiger partial charge is 0.341 e. The molecular formula is C5H11NOP+. The minimum absolute atomic E-state index is 0.810. The molecule has 2 nitrogen and oxygen atoms in total. The molecule has 0 N–H and O–H groups in total. The first kappa shape index (κ1) is 6.18. The van der Waals surface area contributed by atoms with Crippen molar-refractivity contribution in [1.29, 1.82) is 0 Å². The highest BCUT2D eigenvalue weighted by molar-refractivity contribution is 7.44. The molecule has 0 amide bonds. The molecule has 1 rings (SSSR count). The first-order valence-electron chi connectivity index (χ1n) is 2.89. The number of hydrogen-bond acceptors (Lipinski definition) is 2. The molecule has 46 valence electrons. The van der Waals surface area contributed by atoms with Crippen LogP contribution in [-0.2, 0) is 4.57 Å². The molecule has 1 saturated heterocycles. The van der Waals surface area contributed by atoms with Crippen molar-refractivity contribution < 1.29 is 4.57 Å².